The number of amides is 1. The number of hydrogen-bond acceptors (Lipinski definition) is 4. The van der Waals surface area contributed by atoms with Crippen LogP contribution in [-0.2, 0) is 11.3 Å². The van der Waals surface area contributed by atoms with Crippen LogP contribution in [0.4, 0.5) is 0 Å². The van der Waals surface area contributed by atoms with Crippen molar-refractivity contribution in [3.8, 4) is 0 Å². The van der Waals surface area contributed by atoms with Crippen LogP contribution in [0, 0.1) is 6.92 Å². The third-order valence-corrected chi connectivity index (χ3v) is 3.86. The largest absolute Gasteiger partial charge is 0.294 e. The molecular formula is C19H17N3O3. The van der Waals surface area contributed by atoms with Gasteiger partial charge in [-0.15, -0.1) is 0 Å². The summed E-state index contributed by atoms with van der Waals surface area (Å²) in [6.07, 6.45) is 4.25. The van der Waals surface area contributed by atoms with Crippen molar-refractivity contribution in [3.63, 3.8) is 0 Å². The predicted molar refractivity (Wildman–Crippen MR) is 95.2 cm³/mol. The summed E-state index contributed by atoms with van der Waals surface area (Å²) in [7, 11) is 0. The van der Waals surface area contributed by atoms with E-state index in [0.717, 1.165) is 5.56 Å². The maximum absolute atomic E-state index is 12.6. The summed E-state index contributed by atoms with van der Waals surface area (Å²) in [6.45, 7) is 2.48. The highest BCUT2D eigenvalue weighted by molar-refractivity contribution is 5.91. The Bertz CT molecular complexity index is 1000. The fourth-order valence-electron chi connectivity index (χ4n) is 2.49. The van der Waals surface area contributed by atoms with Gasteiger partial charge in [0.25, 0.3) is 11.5 Å². The number of nitrogens with one attached hydrogen (secondary N) is 1. The molecule has 0 unspecified atom stereocenters. The van der Waals surface area contributed by atoms with Crippen molar-refractivity contribution in [2.45, 2.75) is 13.5 Å². The molecule has 0 saturated heterocycles. The summed E-state index contributed by atoms with van der Waals surface area (Å²) >= 11 is 0. The molecule has 6 nitrogen and oxygen atoms in total. The Labute approximate surface area is 144 Å². The Balaban J connectivity index is 1.92. The first-order chi connectivity index (χ1) is 12.1. The topological polar surface area (TPSA) is 84.2 Å². The molecule has 2 N–H and O–H groups in total. The van der Waals surface area contributed by atoms with Crippen molar-refractivity contribution in [1.29, 1.82) is 0 Å². The zero-order valence-corrected chi connectivity index (χ0v) is 13.6. The van der Waals surface area contributed by atoms with Gasteiger partial charge in [0.15, 0.2) is 0 Å². The van der Waals surface area contributed by atoms with E-state index < -0.39 is 5.91 Å². The highest BCUT2D eigenvalue weighted by atomic mass is 16.5. The predicted octanol–water partition coefficient (Wildman–Crippen LogP) is 2.27. The molecule has 0 spiro atoms. The lowest BCUT2D eigenvalue weighted by Crippen LogP contribution is -2.21. The first-order valence-electron chi connectivity index (χ1n) is 7.74. The fraction of sp³-hybridized carbons (Fsp3) is 0.105. The highest BCUT2D eigenvalue weighted by Gasteiger charge is 2.05. The van der Waals surface area contributed by atoms with Crippen LogP contribution in [0.15, 0.2) is 59.7 Å². The number of fused-ring (bicyclic) bond motifs is 1. The lowest BCUT2D eigenvalue weighted by atomic mass is 10.1. The third-order valence-electron chi connectivity index (χ3n) is 3.86. The van der Waals surface area contributed by atoms with Gasteiger partial charge >= 0.3 is 0 Å². The minimum atomic E-state index is -0.624. The molecule has 2 aromatic carbocycles. The molecule has 0 saturated carbocycles. The number of rotatable bonds is 4. The molecule has 3 rings (SSSR count). The number of carbonyl (C=O) groups excluding carboxylic acids is 1. The van der Waals surface area contributed by atoms with E-state index in [4.69, 9.17) is 5.21 Å². The molecule has 1 heterocycles. The van der Waals surface area contributed by atoms with Gasteiger partial charge in [-0.25, -0.2) is 10.5 Å². The molecule has 0 aliphatic heterocycles. The molecule has 1 amide bonds. The second-order valence-corrected chi connectivity index (χ2v) is 5.75. The standard InChI is InChI=1S/C19H17N3O3/c1-13-2-4-15(5-3-13)11-22-12-20-17-10-14(7-9-18(23)21-25)6-8-16(17)19(22)24/h2-10,12,25H,11H2,1H3,(H,21,23)/b9-7+. The molecule has 0 aliphatic rings. The lowest BCUT2D eigenvalue weighted by Gasteiger charge is -2.07. The summed E-state index contributed by atoms with van der Waals surface area (Å²) in [5.74, 6) is -0.624. The van der Waals surface area contributed by atoms with E-state index in [2.05, 4.69) is 4.98 Å². The van der Waals surface area contributed by atoms with Gasteiger partial charge in [-0.05, 0) is 36.3 Å². The molecule has 0 aliphatic carbocycles. The van der Waals surface area contributed by atoms with Gasteiger partial charge in [0.05, 0.1) is 23.8 Å². The SMILES string of the molecule is Cc1ccc(Cn2cnc3cc(/C=C/C(=O)NO)ccc3c2=O)cc1. The van der Waals surface area contributed by atoms with Gasteiger partial charge in [-0.1, -0.05) is 35.9 Å². The van der Waals surface area contributed by atoms with E-state index in [1.807, 2.05) is 31.2 Å². The molecule has 1 aromatic heterocycles. The van der Waals surface area contributed by atoms with Crippen molar-refractivity contribution in [3.05, 3.63) is 81.9 Å². The number of hydrogen-bond donors (Lipinski definition) is 2. The average Bonchev–Trinajstić information content (AvgIpc) is 2.63. The molecule has 0 bridgehead atoms. The molecular weight excluding hydrogens is 318 g/mol. The van der Waals surface area contributed by atoms with Crippen molar-refractivity contribution in [2.75, 3.05) is 0 Å². The molecule has 6 heteroatoms. The number of carbonyl (C=O) groups is 1. The smallest absolute Gasteiger partial charge is 0.267 e. The Kier molecular flexibility index (Phi) is 4.72. The molecule has 0 radical (unpaired) electrons. The number of aryl methyl sites for hydroxylation is 1. The van der Waals surface area contributed by atoms with Crippen molar-refractivity contribution in [2.24, 2.45) is 0 Å². The quantitative estimate of drug-likeness (QED) is 0.435. The molecule has 3 aromatic rings. The van der Waals surface area contributed by atoms with Crippen LogP contribution in [0.1, 0.15) is 16.7 Å². The van der Waals surface area contributed by atoms with Crippen LogP contribution in [0.25, 0.3) is 17.0 Å². The summed E-state index contributed by atoms with van der Waals surface area (Å²) < 4.78 is 1.57. The van der Waals surface area contributed by atoms with Gasteiger partial charge in [-0.3, -0.25) is 19.4 Å². The molecule has 0 atom stereocenters. The third kappa shape index (κ3) is 3.81. The molecule has 25 heavy (non-hydrogen) atoms. The van der Waals surface area contributed by atoms with Crippen LogP contribution < -0.4 is 11.0 Å². The van der Waals surface area contributed by atoms with E-state index in [1.165, 1.54) is 29.5 Å². The van der Waals surface area contributed by atoms with Gasteiger partial charge < -0.3 is 0 Å². The van der Waals surface area contributed by atoms with Crippen LogP contribution >= 0.6 is 0 Å². The van der Waals surface area contributed by atoms with E-state index in [-0.39, 0.29) is 5.56 Å². The molecule has 0 fully saturated rings. The summed E-state index contributed by atoms with van der Waals surface area (Å²) in [5, 5.41) is 8.99. The maximum Gasteiger partial charge on any atom is 0.267 e. The average molecular weight is 335 g/mol. The summed E-state index contributed by atoms with van der Waals surface area (Å²) in [4.78, 5) is 28.0. The van der Waals surface area contributed by atoms with Gasteiger partial charge in [0.1, 0.15) is 0 Å². The fourth-order valence-corrected chi connectivity index (χ4v) is 2.49. The first kappa shape index (κ1) is 16.6. The van der Waals surface area contributed by atoms with E-state index in [0.29, 0.717) is 23.0 Å². The zero-order chi connectivity index (χ0) is 17.8. The summed E-state index contributed by atoms with van der Waals surface area (Å²) in [5.41, 5.74) is 4.87. The summed E-state index contributed by atoms with van der Waals surface area (Å²) in [6, 6.07) is 13.1. The van der Waals surface area contributed by atoms with Gasteiger partial charge in [0, 0.05) is 6.08 Å². The highest BCUT2D eigenvalue weighted by Crippen LogP contribution is 2.12. The van der Waals surface area contributed by atoms with Crippen molar-refractivity contribution >= 4 is 22.9 Å². The van der Waals surface area contributed by atoms with Crippen LogP contribution in [0.2, 0.25) is 0 Å². The monoisotopic (exact) mass is 335 g/mol. The van der Waals surface area contributed by atoms with Gasteiger partial charge in [-0.2, -0.15) is 0 Å². The Hall–Kier alpha value is -3.25. The Morgan fingerprint density at radius 2 is 2.00 bits per heavy atom. The minimum absolute atomic E-state index is 0.116. The van der Waals surface area contributed by atoms with E-state index in [1.54, 1.807) is 22.8 Å². The second-order valence-electron chi connectivity index (χ2n) is 5.75. The number of benzene rings is 2. The number of hydroxylamine groups is 1. The second kappa shape index (κ2) is 7.11. The number of aromatic nitrogens is 2. The van der Waals surface area contributed by atoms with Crippen molar-refractivity contribution in [1.82, 2.24) is 15.0 Å². The first-order valence-corrected chi connectivity index (χ1v) is 7.74. The van der Waals surface area contributed by atoms with E-state index >= 15 is 0 Å². The Morgan fingerprint density at radius 3 is 2.72 bits per heavy atom. The zero-order valence-electron chi connectivity index (χ0n) is 13.6. The van der Waals surface area contributed by atoms with Crippen LogP contribution in [0.5, 0.6) is 0 Å². The minimum Gasteiger partial charge on any atom is -0.294 e. The van der Waals surface area contributed by atoms with Gasteiger partial charge in [0.2, 0.25) is 0 Å². The normalized spacial score (nSPS) is 11.1. The van der Waals surface area contributed by atoms with Crippen LogP contribution in [0.3, 0.4) is 0 Å². The molecule has 126 valence electrons. The van der Waals surface area contributed by atoms with E-state index in [9.17, 15) is 9.59 Å². The number of nitrogens with zero attached hydrogens (tertiary/aromatic N) is 2. The Morgan fingerprint density at radius 1 is 1.24 bits per heavy atom. The maximum atomic E-state index is 12.6. The van der Waals surface area contributed by atoms with Crippen molar-refractivity contribution < 1.29 is 10.0 Å². The lowest BCUT2D eigenvalue weighted by molar-refractivity contribution is -0.124. The van der Waals surface area contributed by atoms with Crippen LogP contribution in [-0.4, -0.2) is 20.7 Å².